The van der Waals surface area contributed by atoms with Gasteiger partial charge in [0.05, 0.1) is 4.11 Å². The summed E-state index contributed by atoms with van der Waals surface area (Å²) >= 11 is 0. The second-order valence-corrected chi connectivity index (χ2v) is 4.38. The molecular formula is C4H4F6N2O3S. The maximum Gasteiger partial charge on any atom is 0.520 e. The van der Waals surface area contributed by atoms with Crippen molar-refractivity contribution in [3.8, 4) is 0 Å². The van der Waals surface area contributed by atoms with Gasteiger partial charge in [-0.3, -0.25) is 0 Å². The minimum Gasteiger partial charge on any atom is -0.699 e. The van der Waals surface area contributed by atoms with E-state index in [9.17, 15) is 39.4 Å². The Hall–Kier alpha value is -0.590. The predicted molar refractivity (Wildman–Crippen MR) is 33.6 cm³/mol. The summed E-state index contributed by atoms with van der Waals surface area (Å²) in [4.78, 5) is -1.44. The van der Waals surface area contributed by atoms with Crippen LogP contribution in [0.1, 0.15) is 0 Å². The molecule has 0 aliphatic carbocycles. The van der Waals surface area contributed by atoms with Crippen LogP contribution < -0.4 is 0 Å². The summed E-state index contributed by atoms with van der Waals surface area (Å²) in [6.07, 6.45) is -10.1. The Morgan fingerprint density at radius 1 is 1.31 bits per heavy atom. The first-order chi connectivity index (χ1) is 6.81. The highest BCUT2D eigenvalue weighted by Gasteiger charge is 2.87. The number of halogens is 6. The monoisotopic (exact) mass is 274 g/mol. The highest BCUT2D eigenvalue weighted by molar-refractivity contribution is 7.79. The van der Waals surface area contributed by atoms with Crippen LogP contribution in [-0.2, 0) is 10.3 Å². The minimum atomic E-state index is -6.69. The van der Waals surface area contributed by atoms with Crippen molar-refractivity contribution in [3.05, 3.63) is 0 Å². The Balaban J connectivity index is 3.55. The molecule has 2 atom stereocenters. The van der Waals surface area contributed by atoms with E-state index in [0.29, 0.717) is 0 Å². The van der Waals surface area contributed by atoms with Gasteiger partial charge in [0.1, 0.15) is 0 Å². The molecule has 0 aromatic carbocycles. The smallest absolute Gasteiger partial charge is 0.520 e. The summed E-state index contributed by atoms with van der Waals surface area (Å²) < 4.78 is 103. The first kappa shape index (κ1) is 13.5. The summed E-state index contributed by atoms with van der Waals surface area (Å²) in [5.74, 6) is 0. The van der Waals surface area contributed by atoms with Gasteiger partial charge in [-0.2, -0.15) is 21.6 Å². The molecule has 0 radical (unpaired) electrons. The van der Waals surface area contributed by atoms with Crippen molar-refractivity contribution in [1.82, 2.24) is 4.90 Å². The third kappa shape index (κ3) is 1.20. The number of rotatable bonds is 1. The lowest BCUT2D eigenvalue weighted by Gasteiger charge is -2.28. The van der Waals surface area contributed by atoms with Crippen LogP contribution in [0, 0.1) is 0 Å². The van der Waals surface area contributed by atoms with Gasteiger partial charge >= 0.3 is 18.5 Å². The van der Waals surface area contributed by atoms with Gasteiger partial charge in [-0.05, 0) is 0 Å². The number of hydrogen-bond acceptors (Lipinski definition) is 4. The fourth-order valence-corrected chi connectivity index (χ4v) is 1.87. The zero-order valence-corrected chi connectivity index (χ0v) is 8.19. The van der Waals surface area contributed by atoms with E-state index in [1.54, 1.807) is 0 Å². The summed E-state index contributed by atoms with van der Waals surface area (Å²) in [6, 6.07) is -5.13. The van der Waals surface area contributed by atoms with Crippen LogP contribution in [0.15, 0.2) is 0 Å². The van der Waals surface area contributed by atoms with E-state index in [1.165, 1.54) is 0 Å². The van der Waals surface area contributed by atoms with E-state index in [4.69, 9.17) is 0 Å². The van der Waals surface area contributed by atoms with Crippen LogP contribution in [0.4, 0.5) is 26.4 Å². The molecule has 0 saturated carbocycles. The normalized spacial score (nSPS) is 38.9. The molecule has 0 aromatic heterocycles. The van der Waals surface area contributed by atoms with E-state index in [1.807, 2.05) is 0 Å². The third-order valence-electron chi connectivity index (χ3n) is 2.12. The van der Waals surface area contributed by atoms with E-state index in [2.05, 4.69) is 0 Å². The van der Waals surface area contributed by atoms with Crippen LogP contribution in [0.3, 0.4) is 0 Å². The second kappa shape index (κ2) is 3.00. The Morgan fingerprint density at radius 2 is 1.69 bits per heavy atom. The Labute approximate surface area is 85.3 Å². The Bertz CT molecular complexity index is 412. The average molecular weight is 274 g/mol. The van der Waals surface area contributed by atoms with Crippen LogP contribution in [0.5, 0.6) is 0 Å². The molecule has 0 spiro atoms. The maximum atomic E-state index is 13.1. The quantitative estimate of drug-likeness (QED) is 0.303. The fourth-order valence-electron chi connectivity index (χ4n) is 1.13. The van der Waals surface area contributed by atoms with Crippen molar-refractivity contribution in [2.24, 2.45) is 0 Å². The topological polar surface area (TPSA) is 60.4 Å². The number of alkyl halides is 5. The predicted octanol–water partition coefficient (Wildman–Crippen LogP) is 0.532. The summed E-state index contributed by atoms with van der Waals surface area (Å²) in [5.41, 5.74) is 0. The Kier molecular flexibility index (Phi) is 2.52. The van der Waals surface area contributed by atoms with Gasteiger partial charge in [0.2, 0.25) is 0 Å². The summed E-state index contributed by atoms with van der Waals surface area (Å²) in [5, 5.41) is 0. The molecule has 1 aliphatic rings. The van der Waals surface area contributed by atoms with E-state index in [-0.39, 0.29) is 7.05 Å². The van der Waals surface area contributed by atoms with E-state index < -0.39 is 37.8 Å². The standard InChI is InChI=1S/C4H4F6N2O3S/c1-11-3(6,7)2(5)12(10,4(11,8)9)16(13,14)15/h2H,1H3. The molecule has 1 fully saturated rings. The molecule has 0 amide bonds. The minimum absolute atomic E-state index is 0.114. The molecule has 0 bridgehead atoms. The lowest BCUT2D eigenvalue weighted by atomic mass is 10.5. The van der Waals surface area contributed by atoms with Gasteiger partial charge in [0.15, 0.2) is 0 Å². The number of likely N-dealkylation sites (N-methyl/N-ethyl adjacent to an activating group) is 1. The van der Waals surface area contributed by atoms with Crippen molar-refractivity contribution in [1.29, 1.82) is 0 Å². The van der Waals surface area contributed by atoms with Crippen LogP contribution in [0.2, 0.25) is 0 Å². The Morgan fingerprint density at radius 3 is 1.81 bits per heavy atom. The summed E-state index contributed by atoms with van der Waals surface area (Å²) in [7, 11) is -6.80. The molecule has 1 heterocycles. The largest absolute Gasteiger partial charge is 0.699 e. The van der Waals surface area contributed by atoms with Crippen molar-refractivity contribution >= 4 is 10.3 Å². The highest BCUT2D eigenvalue weighted by atomic mass is 32.2. The molecule has 16 heavy (non-hydrogen) atoms. The molecule has 2 unspecified atom stereocenters. The van der Waals surface area contributed by atoms with Crippen molar-refractivity contribution in [2.45, 2.75) is 18.5 Å². The van der Waals surface area contributed by atoms with Gasteiger partial charge in [0, 0.05) is 11.5 Å². The number of quaternary nitrogens is 1. The van der Waals surface area contributed by atoms with Crippen molar-refractivity contribution < 1.29 is 43.5 Å². The molecule has 1 rings (SSSR count). The van der Waals surface area contributed by atoms with Gasteiger partial charge in [-0.1, -0.05) is 0 Å². The van der Waals surface area contributed by atoms with E-state index in [0.717, 1.165) is 0 Å². The maximum absolute atomic E-state index is 13.1. The first-order valence-electron chi connectivity index (χ1n) is 3.49. The molecular weight excluding hydrogens is 270 g/mol. The zero-order chi connectivity index (χ0) is 13.2. The first-order valence-corrected chi connectivity index (χ1v) is 4.86. The molecule has 1 saturated heterocycles. The molecule has 96 valence electrons. The van der Waals surface area contributed by atoms with Crippen LogP contribution in [-0.4, -0.2) is 47.5 Å². The fraction of sp³-hybridized carbons (Fsp3) is 1.00. The molecule has 12 heteroatoms. The van der Waals surface area contributed by atoms with Crippen LogP contribution in [0.25, 0.3) is 0 Å². The average Bonchev–Trinajstić information content (AvgIpc) is 2.18. The number of nitrogens with zero attached hydrogens (tertiary/aromatic N) is 2. The molecule has 0 N–H and O–H groups in total. The van der Waals surface area contributed by atoms with Crippen molar-refractivity contribution in [2.75, 3.05) is 7.05 Å². The third-order valence-corrected chi connectivity index (χ3v) is 3.18. The second-order valence-electron chi connectivity index (χ2n) is 3.00. The van der Waals surface area contributed by atoms with E-state index >= 15 is 0 Å². The number of hydrogen-bond donors (Lipinski definition) is 0. The highest BCUT2D eigenvalue weighted by Crippen LogP contribution is 2.53. The lowest BCUT2D eigenvalue weighted by Crippen LogP contribution is -2.59. The van der Waals surface area contributed by atoms with Gasteiger partial charge < -0.3 is 4.55 Å². The molecule has 5 nitrogen and oxygen atoms in total. The van der Waals surface area contributed by atoms with Crippen molar-refractivity contribution in [3.63, 3.8) is 0 Å². The SMILES string of the molecule is CN1C(F)(F)C(F)[N+](F)(S(=O)(=O)[O-])C1(F)F. The van der Waals surface area contributed by atoms with Gasteiger partial charge in [-0.15, -0.1) is 13.7 Å². The lowest BCUT2D eigenvalue weighted by molar-refractivity contribution is -1.05. The van der Waals surface area contributed by atoms with Gasteiger partial charge in [-0.25, -0.2) is 0 Å². The molecule has 0 aromatic rings. The summed E-state index contributed by atoms with van der Waals surface area (Å²) in [6.45, 7) is 0. The molecule has 1 aliphatic heterocycles. The zero-order valence-electron chi connectivity index (χ0n) is 7.37. The van der Waals surface area contributed by atoms with Gasteiger partial charge in [0.25, 0.3) is 10.3 Å². The van der Waals surface area contributed by atoms with Crippen LogP contribution >= 0.6 is 0 Å².